The van der Waals surface area contributed by atoms with Crippen molar-refractivity contribution in [3.8, 4) is 5.75 Å². The summed E-state index contributed by atoms with van der Waals surface area (Å²) in [5.41, 5.74) is 3.26. The lowest BCUT2D eigenvalue weighted by atomic mass is 10.1. The molecule has 0 bridgehead atoms. The van der Waals surface area contributed by atoms with E-state index in [4.69, 9.17) is 4.74 Å². The number of nitrogens with one attached hydrogen (secondary N) is 1. The average Bonchev–Trinajstić information content (AvgIpc) is 2.55. The molecule has 2 aromatic rings. The molecule has 5 heteroatoms. The first kappa shape index (κ1) is 15.2. The molecule has 0 saturated heterocycles. The van der Waals surface area contributed by atoms with E-state index in [1.165, 1.54) is 5.56 Å². The first-order chi connectivity index (χ1) is 10.3. The van der Waals surface area contributed by atoms with Crippen LogP contribution >= 0.6 is 0 Å². The predicted molar refractivity (Wildman–Crippen MR) is 83.8 cm³/mol. The number of hydrogen-bond acceptors (Lipinski definition) is 5. The van der Waals surface area contributed by atoms with E-state index in [-0.39, 0.29) is 0 Å². The Morgan fingerprint density at radius 1 is 1.00 bits per heavy atom. The topological polar surface area (TPSA) is 59.9 Å². The molecule has 0 aliphatic rings. The zero-order chi connectivity index (χ0) is 15.1. The average molecular weight is 286 g/mol. The van der Waals surface area contributed by atoms with E-state index in [1.54, 1.807) is 7.11 Å². The van der Waals surface area contributed by atoms with Gasteiger partial charge in [0.15, 0.2) is 0 Å². The van der Waals surface area contributed by atoms with Crippen LogP contribution in [0.25, 0.3) is 0 Å². The van der Waals surface area contributed by atoms with Gasteiger partial charge < -0.3 is 10.1 Å². The van der Waals surface area contributed by atoms with Crippen LogP contribution in [0.2, 0.25) is 0 Å². The second-order valence-electron chi connectivity index (χ2n) is 4.76. The molecule has 5 nitrogen and oxygen atoms in total. The van der Waals surface area contributed by atoms with Crippen molar-refractivity contribution >= 4 is 5.95 Å². The van der Waals surface area contributed by atoms with Gasteiger partial charge in [-0.25, -0.2) is 4.98 Å². The van der Waals surface area contributed by atoms with E-state index >= 15 is 0 Å². The lowest BCUT2D eigenvalue weighted by molar-refractivity contribution is 0.414. The highest BCUT2D eigenvalue weighted by atomic mass is 16.5. The van der Waals surface area contributed by atoms with Crippen molar-refractivity contribution < 1.29 is 4.74 Å². The zero-order valence-corrected chi connectivity index (χ0v) is 12.9. The Labute approximate surface area is 125 Å². The number of ether oxygens (including phenoxy) is 1. The molecule has 0 amide bonds. The second kappa shape index (κ2) is 7.57. The third-order valence-corrected chi connectivity index (χ3v) is 3.37. The molecule has 2 rings (SSSR count). The van der Waals surface area contributed by atoms with Crippen molar-refractivity contribution in [2.45, 2.75) is 33.1 Å². The number of aromatic nitrogens is 3. The molecule has 1 aromatic carbocycles. The Morgan fingerprint density at radius 2 is 1.71 bits per heavy atom. The SMILES string of the molecule is CCc1nnc(NCCc2ccc(OC)cc2)nc1CC. The zero-order valence-electron chi connectivity index (χ0n) is 12.9. The first-order valence-electron chi connectivity index (χ1n) is 7.36. The van der Waals surface area contributed by atoms with Gasteiger partial charge in [0.1, 0.15) is 5.75 Å². The highest BCUT2D eigenvalue weighted by Crippen LogP contribution is 2.12. The van der Waals surface area contributed by atoms with Gasteiger partial charge in [-0.3, -0.25) is 0 Å². The van der Waals surface area contributed by atoms with Crippen LogP contribution in [0.15, 0.2) is 24.3 Å². The molecule has 0 unspecified atom stereocenters. The number of anilines is 1. The molecule has 1 heterocycles. The Balaban J connectivity index is 1.90. The van der Waals surface area contributed by atoms with Crippen molar-refractivity contribution in [3.63, 3.8) is 0 Å². The smallest absolute Gasteiger partial charge is 0.242 e. The van der Waals surface area contributed by atoms with Crippen molar-refractivity contribution in [1.29, 1.82) is 0 Å². The summed E-state index contributed by atoms with van der Waals surface area (Å²) in [7, 11) is 1.67. The molecule has 112 valence electrons. The van der Waals surface area contributed by atoms with Gasteiger partial charge in [-0.05, 0) is 37.0 Å². The van der Waals surface area contributed by atoms with Gasteiger partial charge in [0.2, 0.25) is 5.95 Å². The summed E-state index contributed by atoms with van der Waals surface area (Å²) in [5.74, 6) is 1.49. The van der Waals surface area contributed by atoms with Crippen LogP contribution in [0.4, 0.5) is 5.95 Å². The Bertz CT molecular complexity index is 569. The van der Waals surface area contributed by atoms with Crippen LogP contribution in [-0.4, -0.2) is 28.8 Å². The fourth-order valence-electron chi connectivity index (χ4n) is 2.12. The standard InChI is InChI=1S/C16H22N4O/c1-4-14-15(5-2)19-20-16(18-14)17-11-10-12-6-8-13(21-3)9-7-12/h6-9H,4-5,10-11H2,1-3H3,(H,17,18,20). The van der Waals surface area contributed by atoms with Crippen LogP contribution in [0.3, 0.4) is 0 Å². The van der Waals surface area contributed by atoms with Crippen molar-refractivity contribution in [2.24, 2.45) is 0 Å². The fraction of sp³-hybridized carbons (Fsp3) is 0.438. The lowest BCUT2D eigenvalue weighted by Gasteiger charge is -2.08. The molecule has 21 heavy (non-hydrogen) atoms. The molecule has 0 aliphatic heterocycles. The summed E-state index contributed by atoms with van der Waals surface area (Å²) in [4.78, 5) is 4.52. The number of hydrogen-bond donors (Lipinski definition) is 1. The molecule has 0 aliphatic carbocycles. The molecule has 0 spiro atoms. The largest absolute Gasteiger partial charge is 0.497 e. The minimum atomic E-state index is 0.609. The van der Waals surface area contributed by atoms with Crippen molar-refractivity contribution in [2.75, 3.05) is 19.0 Å². The Hall–Kier alpha value is -2.17. The predicted octanol–water partition coefficient (Wildman–Crippen LogP) is 2.66. The molecular formula is C16H22N4O. The highest BCUT2D eigenvalue weighted by molar-refractivity contribution is 5.29. The van der Waals surface area contributed by atoms with Gasteiger partial charge in [0, 0.05) is 6.54 Å². The minimum Gasteiger partial charge on any atom is -0.497 e. The number of benzene rings is 1. The number of rotatable bonds is 7. The summed E-state index contributed by atoms with van der Waals surface area (Å²) in [6.45, 7) is 4.94. The van der Waals surface area contributed by atoms with Crippen LogP contribution < -0.4 is 10.1 Å². The van der Waals surface area contributed by atoms with E-state index in [9.17, 15) is 0 Å². The van der Waals surface area contributed by atoms with Crippen LogP contribution in [-0.2, 0) is 19.3 Å². The molecule has 0 atom stereocenters. The van der Waals surface area contributed by atoms with Gasteiger partial charge in [0.05, 0.1) is 18.5 Å². The lowest BCUT2D eigenvalue weighted by Crippen LogP contribution is -2.12. The maximum absolute atomic E-state index is 5.15. The Morgan fingerprint density at radius 3 is 2.33 bits per heavy atom. The van der Waals surface area contributed by atoms with Gasteiger partial charge in [-0.1, -0.05) is 26.0 Å². The normalized spacial score (nSPS) is 10.4. The summed E-state index contributed by atoms with van der Waals surface area (Å²) < 4.78 is 5.15. The van der Waals surface area contributed by atoms with E-state index in [0.717, 1.165) is 42.9 Å². The third-order valence-electron chi connectivity index (χ3n) is 3.37. The maximum atomic E-state index is 5.15. The van der Waals surface area contributed by atoms with Gasteiger partial charge in [0.25, 0.3) is 0 Å². The number of methoxy groups -OCH3 is 1. The molecule has 1 aromatic heterocycles. The molecule has 0 radical (unpaired) electrons. The summed E-state index contributed by atoms with van der Waals surface area (Å²) in [6, 6.07) is 8.08. The highest BCUT2D eigenvalue weighted by Gasteiger charge is 2.05. The molecule has 0 fully saturated rings. The maximum Gasteiger partial charge on any atom is 0.242 e. The van der Waals surface area contributed by atoms with E-state index < -0.39 is 0 Å². The van der Waals surface area contributed by atoms with E-state index in [1.807, 2.05) is 12.1 Å². The summed E-state index contributed by atoms with van der Waals surface area (Å²) >= 11 is 0. The van der Waals surface area contributed by atoms with Gasteiger partial charge in [-0.15, -0.1) is 5.10 Å². The van der Waals surface area contributed by atoms with Crippen LogP contribution in [0.1, 0.15) is 30.8 Å². The Kier molecular flexibility index (Phi) is 5.49. The molecule has 1 N–H and O–H groups in total. The van der Waals surface area contributed by atoms with Gasteiger partial charge in [-0.2, -0.15) is 5.10 Å². The second-order valence-corrected chi connectivity index (χ2v) is 4.76. The summed E-state index contributed by atoms with van der Waals surface area (Å²) in [6.07, 6.45) is 2.66. The monoisotopic (exact) mass is 286 g/mol. The third kappa shape index (κ3) is 4.15. The van der Waals surface area contributed by atoms with Gasteiger partial charge >= 0.3 is 0 Å². The summed E-state index contributed by atoms with van der Waals surface area (Å²) in [5, 5.41) is 11.6. The van der Waals surface area contributed by atoms with Crippen molar-refractivity contribution in [1.82, 2.24) is 15.2 Å². The van der Waals surface area contributed by atoms with E-state index in [2.05, 4.69) is 46.5 Å². The molecule has 0 saturated carbocycles. The van der Waals surface area contributed by atoms with Crippen LogP contribution in [0, 0.1) is 0 Å². The first-order valence-corrected chi connectivity index (χ1v) is 7.36. The quantitative estimate of drug-likeness (QED) is 0.848. The molecular weight excluding hydrogens is 264 g/mol. The minimum absolute atomic E-state index is 0.609. The van der Waals surface area contributed by atoms with Crippen LogP contribution in [0.5, 0.6) is 5.75 Å². The number of nitrogens with zero attached hydrogens (tertiary/aromatic N) is 3. The van der Waals surface area contributed by atoms with E-state index in [0.29, 0.717) is 5.95 Å². The number of aryl methyl sites for hydroxylation is 2. The fourth-order valence-corrected chi connectivity index (χ4v) is 2.12. The van der Waals surface area contributed by atoms with Crippen molar-refractivity contribution in [3.05, 3.63) is 41.2 Å².